The van der Waals surface area contributed by atoms with Crippen molar-refractivity contribution in [2.75, 3.05) is 18.5 Å². The van der Waals surface area contributed by atoms with Gasteiger partial charge in [0.15, 0.2) is 0 Å². The monoisotopic (exact) mass is 310 g/mol. The number of benzene rings is 1. The Balaban J connectivity index is 2.16. The fourth-order valence-corrected chi connectivity index (χ4v) is 3.17. The minimum Gasteiger partial charge on any atom is -0.389 e. The highest BCUT2D eigenvalue weighted by Crippen LogP contribution is 2.27. The van der Waals surface area contributed by atoms with E-state index in [2.05, 4.69) is 22.4 Å². The van der Waals surface area contributed by atoms with Crippen molar-refractivity contribution in [1.29, 1.82) is 0 Å². The van der Waals surface area contributed by atoms with E-state index in [9.17, 15) is 0 Å². The molecule has 0 fully saturated rings. The van der Waals surface area contributed by atoms with Gasteiger partial charge in [-0.2, -0.15) is 0 Å². The molecule has 1 heterocycles. The normalized spacial score (nSPS) is 10.4. The third-order valence-electron chi connectivity index (χ3n) is 2.92. The van der Waals surface area contributed by atoms with E-state index < -0.39 is 0 Å². The van der Waals surface area contributed by atoms with Crippen LogP contribution in [0.25, 0.3) is 0 Å². The Kier molecular flexibility index (Phi) is 4.80. The van der Waals surface area contributed by atoms with E-state index in [4.69, 9.17) is 29.6 Å². The molecule has 0 atom stereocenters. The van der Waals surface area contributed by atoms with Crippen molar-refractivity contribution in [2.45, 2.75) is 6.42 Å². The lowest BCUT2D eigenvalue weighted by molar-refractivity contribution is 0.886. The highest BCUT2D eigenvalue weighted by Gasteiger charge is 2.13. The van der Waals surface area contributed by atoms with Gasteiger partial charge in [0, 0.05) is 24.2 Å². The number of likely N-dealkylation sites (N-methyl/N-ethyl adjacent to an activating group) is 1. The second-order valence-corrected chi connectivity index (χ2v) is 6.13. The van der Waals surface area contributed by atoms with E-state index in [1.54, 1.807) is 11.3 Å². The number of hydrogen-bond donors (Lipinski definition) is 1. The maximum atomic E-state index is 6.18. The van der Waals surface area contributed by atoms with Crippen molar-refractivity contribution in [3.05, 3.63) is 51.2 Å². The van der Waals surface area contributed by atoms with Gasteiger partial charge in [-0.05, 0) is 30.0 Å². The summed E-state index contributed by atoms with van der Waals surface area (Å²) in [4.78, 5) is 3.84. The van der Waals surface area contributed by atoms with Crippen LogP contribution < -0.4 is 10.6 Å². The Morgan fingerprint density at radius 2 is 2.16 bits per heavy atom. The second kappa shape index (κ2) is 6.37. The summed E-state index contributed by atoms with van der Waals surface area (Å²) in [5.41, 5.74) is 7.51. The molecule has 0 aliphatic rings. The molecule has 0 saturated carbocycles. The number of nitrogens with two attached hydrogens (primary N) is 1. The zero-order valence-corrected chi connectivity index (χ0v) is 13.0. The largest absolute Gasteiger partial charge is 0.389 e. The lowest BCUT2D eigenvalue weighted by Gasteiger charge is -2.22. The van der Waals surface area contributed by atoms with Crippen LogP contribution in [-0.2, 0) is 6.42 Å². The van der Waals surface area contributed by atoms with Gasteiger partial charge in [-0.25, -0.2) is 0 Å². The maximum absolute atomic E-state index is 6.18. The van der Waals surface area contributed by atoms with E-state index >= 15 is 0 Å². The summed E-state index contributed by atoms with van der Waals surface area (Å²) >= 11 is 13.0. The predicted molar refractivity (Wildman–Crippen MR) is 88.6 cm³/mol. The predicted octanol–water partition coefficient (Wildman–Crippen LogP) is 3.71. The molecule has 19 heavy (non-hydrogen) atoms. The molecule has 2 rings (SSSR count). The average Bonchev–Trinajstić information content (AvgIpc) is 2.88. The van der Waals surface area contributed by atoms with Crippen molar-refractivity contribution in [1.82, 2.24) is 0 Å². The highest BCUT2D eigenvalue weighted by molar-refractivity contribution is 7.80. The Labute approximate surface area is 127 Å². The van der Waals surface area contributed by atoms with Gasteiger partial charge in [-0.1, -0.05) is 36.0 Å². The molecular weight excluding hydrogens is 296 g/mol. The van der Waals surface area contributed by atoms with Gasteiger partial charge >= 0.3 is 0 Å². The summed E-state index contributed by atoms with van der Waals surface area (Å²) in [7, 11) is 2.03. The molecule has 0 aliphatic heterocycles. The number of thiocarbonyl (C=S) groups is 1. The van der Waals surface area contributed by atoms with Crippen LogP contribution in [0.1, 0.15) is 10.4 Å². The quantitative estimate of drug-likeness (QED) is 0.854. The number of anilines is 1. The molecule has 100 valence electrons. The lowest BCUT2D eigenvalue weighted by Crippen LogP contribution is -2.24. The summed E-state index contributed by atoms with van der Waals surface area (Å²) < 4.78 is 0. The van der Waals surface area contributed by atoms with Crippen LogP contribution in [0.5, 0.6) is 0 Å². The van der Waals surface area contributed by atoms with Crippen molar-refractivity contribution in [3.63, 3.8) is 0 Å². The van der Waals surface area contributed by atoms with Crippen LogP contribution in [0, 0.1) is 0 Å². The van der Waals surface area contributed by atoms with Gasteiger partial charge in [0.25, 0.3) is 0 Å². The summed E-state index contributed by atoms with van der Waals surface area (Å²) in [5.74, 6) is 0. The summed E-state index contributed by atoms with van der Waals surface area (Å²) in [5, 5.41) is 2.70. The van der Waals surface area contributed by atoms with Gasteiger partial charge in [0.1, 0.15) is 4.99 Å². The minimum atomic E-state index is 0.337. The van der Waals surface area contributed by atoms with E-state index in [1.165, 1.54) is 4.88 Å². The molecule has 0 saturated heterocycles. The van der Waals surface area contributed by atoms with Crippen LogP contribution in [-0.4, -0.2) is 18.6 Å². The molecular formula is C14H15ClN2S2. The first-order valence-electron chi connectivity index (χ1n) is 5.91. The van der Waals surface area contributed by atoms with E-state index in [0.29, 0.717) is 10.0 Å². The molecule has 1 aromatic heterocycles. The summed E-state index contributed by atoms with van der Waals surface area (Å²) in [6.45, 7) is 0.899. The van der Waals surface area contributed by atoms with Gasteiger partial charge in [0.05, 0.1) is 10.6 Å². The first-order chi connectivity index (χ1) is 9.09. The van der Waals surface area contributed by atoms with Gasteiger partial charge in [-0.3, -0.25) is 0 Å². The smallest absolute Gasteiger partial charge is 0.107 e. The Morgan fingerprint density at radius 3 is 2.79 bits per heavy atom. The number of hydrogen-bond acceptors (Lipinski definition) is 3. The average molecular weight is 311 g/mol. The standard InChI is InChI=1S/C14H15ClN2S2/c1-17(8-7-10-4-3-9-19-10)12-6-2-5-11(15)13(12)14(16)18/h2-6,9H,7-8H2,1H3,(H2,16,18). The molecule has 0 unspecified atom stereocenters. The van der Waals surface area contributed by atoms with Crippen LogP contribution in [0.4, 0.5) is 5.69 Å². The molecule has 0 aliphatic carbocycles. The number of halogens is 1. The second-order valence-electron chi connectivity index (χ2n) is 4.25. The molecule has 0 amide bonds. The first-order valence-corrected chi connectivity index (χ1v) is 7.58. The fraction of sp³-hybridized carbons (Fsp3) is 0.214. The zero-order chi connectivity index (χ0) is 13.8. The maximum Gasteiger partial charge on any atom is 0.107 e. The third kappa shape index (κ3) is 3.47. The van der Waals surface area contributed by atoms with Crippen molar-refractivity contribution < 1.29 is 0 Å². The van der Waals surface area contributed by atoms with Gasteiger partial charge in [-0.15, -0.1) is 11.3 Å². The Morgan fingerprint density at radius 1 is 1.37 bits per heavy atom. The van der Waals surface area contributed by atoms with Crippen molar-refractivity contribution in [3.8, 4) is 0 Å². The van der Waals surface area contributed by atoms with Crippen LogP contribution in [0.15, 0.2) is 35.7 Å². The van der Waals surface area contributed by atoms with E-state index in [0.717, 1.165) is 24.2 Å². The molecule has 2 nitrogen and oxygen atoms in total. The number of thiophene rings is 1. The van der Waals surface area contributed by atoms with Crippen LogP contribution in [0.3, 0.4) is 0 Å². The Bertz CT molecular complexity index is 567. The fourth-order valence-electron chi connectivity index (χ4n) is 1.93. The molecule has 0 bridgehead atoms. The van der Waals surface area contributed by atoms with Crippen LogP contribution >= 0.6 is 35.2 Å². The van der Waals surface area contributed by atoms with Gasteiger partial charge < -0.3 is 10.6 Å². The molecule has 1 aromatic carbocycles. The number of nitrogens with zero attached hydrogens (tertiary/aromatic N) is 1. The zero-order valence-electron chi connectivity index (χ0n) is 10.6. The highest BCUT2D eigenvalue weighted by atomic mass is 35.5. The summed E-state index contributed by atoms with van der Waals surface area (Å²) in [6, 6.07) is 9.94. The topological polar surface area (TPSA) is 29.3 Å². The minimum absolute atomic E-state index is 0.337. The Hall–Kier alpha value is -1.10. The van der Waals surface area contributed by atoms with Gasteiger partial charge in [0.2, 0.25) is 0 Å². The first kappa shape index (κ1) is 14.3. The van der Waals surface area contributed by atoms with Crippen molar-refractivity contribution in [2.24, 2.45) is 5.73 Å². The van der Waals surface area contributed by atoms with E-state index in [1.807, 2.05) is 25.2 Å². The van der Waals surface area contributed by atoms with E-state index in [-0.39, 0.29) is 0 Å². The molecule has 2 N–H and O–H groups in total. The SMILES string of the molecule is CN(CCc1cccs1)c1cccc(Cl)c1C(N)=S. The van der Waals surface area contributed by atoms with Crippen molar-refractivity contribution >= 4 is 45.8 Å². The third-order valence-corrected chi connectivity index (χ3v) is 4.38. The summed E-state index contributed by atoms with van der Waals surface area (Å²) in [6.07, 6.45) is 0.997. The number of rotatable bonds is 5. The molecule has 5 heteroatoms. The van der Waals surface area contributed by atoms with Crippen LogP contribution in [0.2, 0.25) is 5.02 Å². The molecule has 0 radical (unpaired) electrons. The molecule has 0 spiro atoms. The lowest BCUT2D eigenvalue weighted by atomic mass is 10.1. The molecule has 2 aromatic rings.